The summed E-state index contributed by atoms with van der Waals surface area (Å²) in [6, 6.07) is 7.36. The Labute approximate surface area is 121 Å². The van der Waals surface area contributed by atoms with Crippen LogP contribution < -0.4 is 0 Å². The van der Waals surface area contributed by atoms with Crippen LogP contribution in [0.15, 0.2) is 28.7 Å². The van der Waals surface area contributed by atoms with Gasteiger partial charge >= 0.3 is 0 Å². The van der Waals surface area contributed by atoms with Gasteiger partial charge in [0.2, 0.25) is 11.8 Å². The average Bonchev–Trinajstić information content (AvgIpc) is 2.82. The topological polar surface area (TPSA) is 68.5 Å². The molecule has 1 amide bonds. The molecule has 2 saturated heterocycles. The van der Waals surface area contributed by atoms with Crippen LogP contribution in [0.1, 0.15) is 22.7 Å². The van der Waals surface area contributed by atoms with E-state index in [1.165, 1.54) is 0 Å². The van der Waals surface area contributed by atoms with Gasteiger partial charge in [0.1, 0.15) is 0 Å². The van der Waals surface area contributed by atoms with Gasteiger partial charge in [-0.1, -0.05) is 12.1 Å². The van der Waals surface area contributed by atoms with Crippen LogP contribution in [0.4, 0.5) is 0 Å². The quantitative estimate of drug-likeness (QED) is 0.839. The summed E-state index contributed by atoms with van der Waals surface area (Å²) in [7, 11) is 0. The van der Waals surface area contributed by atoms with E-state index in [0.29, 0.717) is 36.1 Å². The number of ether oxygens (including phenoxy) is 1. The second-order valence-corrected chi connectivity index (χ2v) is 5.60. The number of carbonyl (C=O) groups is 1. The van der Waals surface area contributed by atoms with Crippen molar-refractivity contribution in [1.29, 1.82) is 0 Å². The molecule has 6 heteroatoms. The van der Waals surface area contributed by atoms with Gasteiger partial charge in [-0.25, -0.2) is 0 Å². The van der Waals surface area contributed by atoms with Crippen molar-refractivity contribution in [2.45, 2.75) is 18.9 Å². The van der Waals surface area contributed by atoms with E-state index in [4.69, 9.17) is 9.15 Å². The van der Waals surface area contributed by atoms with Gasteiger partial charge in [0.25, 0.3) is 5.91 Å². The molecule has 0 bridgehead atoms. The number of hydrogen-bond donors (Lipinski definition) is 0. The van der Waals surface area contributed by atoms with E-state index in [1.54, 1.807) is 6.92 Å². The number of rotatable bonds is 2. The molecule has 0 aliphatic carbocycles. The Morgan fingerprint density at radius 3 is 2.67 bits per heavy atom. The first-order valence-corrected chi connectivity index (χ1v) is 6.99. The fourth-order valence-electron chi connectivity index (χ4n) is 2.90. The molecule has 0 radical (unpaired) electrons. The van der Waals surface area contributed by atoms with Crippen molar-refractivity contribution in [1.82, 2.24) is 15.1 Å². The van der Waals surface area contributed by atoms with Crippen molar-refractivity contribution < 1.29 is 13.9 Å². The van der Waals surface area contributed by atoms with Crippen molar-refractivity contribution in [3.8, 4) is 11.5 Å². The molecule has 0 unspecified atom stereocenters. The van der Waals surface area contributed by atoms with Gasteiger partial charge in [0.05, 0.1) is 29.9 Å². The summed E-state index contributed by atoms with van der Waals surface area (Å²) in [6.07, 6.45) is 1.01. The van der Waals surface area contributed by atoms with Gasteiger partial charge < -0.3 is 14.1 Å². The van der Waals surface area contributed by atoms with Crippen LogP contribution >= 0.6 is 0 Å². The lowest BCUT2D eigenvalue weighted by atomic mass is 9.82. The van der Waals surface area contributed by atoms with Crippen LogP contribution in [0, 0.1) is 6.92 Å². The Hall–Kier alpha value is -2.21. The molecular weight excluding hydrogens is 270 g/mol. The Bertz CT molecular complexity index is 700. The molecule has 6 nitrogen and oxygen atoms in total. The summed E-state index contributed by atoms with van der Waals surface area (Å²) in [5, 5.41) is 7.86. The molecule has 1 aromatic heterocycles. The molecule has 1 spiro atoms. The highest BCUT2D eigenvalue weighted by Gasteiger charge is 2.53. The third-order valence-electron chi connectivity index (χ3n) is 4.27. The zero-order valence-electron chi connectivity index (χ0n) is 11.7. The highest BCUT2D eigenvalue weighted by molar-refractivity contribution is 6.00. The molecule has 2 aliphatic heterocycles. The van der Waals surface area contributed by atoms with E-state index < -0.39 is 0 Å². The fraction of sp³-hybridized carbons (Fsp3) is 0.400. The number of aromatic nitrogens is 2. The molecule has 4 rings (SSSR count). The monoisotopic (exact) mass is 285 g/mol. The van der Waals surface area contributed by atoms with Crippen LogP contribution in [0.25, 0.3) is 11.5 Å². The summed E-state index contributed by atoms with van der Waals surface area (Å²) in [5.74, 6) is 0.881. The smallest absolute Gasteiger partial charge is 0.255 e. The Kier molecular flexibility index (Phi) is 2.62. The Morgan fingerprint density at radius 1 is 1.29 bits per heavy atom. The van der Waals surface area contributed by atoms with E-state index in [0.717, 1.165) is 13.0 Å². The normalized spacial score (nSPS) is 19.2. The minimum Gasteiger partial charge on any atom is -0.421 e. The van der Waals surface area contributed by atoms with E-state index in [9.17, 15) is 4.79 Å². The van der Waals surface area contributed by atoms with Crippen LogP contribution in [0.5, 0.6) is 0 Å². The maximum atomic E-state index is 12.8. The van der Waals surface area contributed by atoms with Gasteiger partial charge in [0, 0.05) is 13.5 Å². The van der Waals surface area contributed by atoms with Gasteiger partial charge in [-0.2, -0.15) is 0 Å². The molecule has 0 N–H and O–H groups in total. The van der Waals surface area contributed by atoms with Gasteiger partial charge in [-0.3, -0.25) is 4.79 Å². The van der Waals surface area contributed by atoms with E-state index >= 15 is 0 Å². The fourth-order valence-corrected chi connectivity index (χ4v) is 2.90. The number of benzene rings is 1. The first-order chi connectivity index (χ1) is 10.2. The first-order valence-electron chi connectivity index (χ1n) is 6.99. The molecule has 2 fully saturated rings. The standard InChI is InChI=1S/C15H15N3O3/c1-10-16-17-13(21-10)11-4-2-3-5-12(11)14(19)18-7-6-15(18)8-20-9-15/h2-5H,6-9H2,1H3. The average molecular weight is 285 g/mol. The number of aryl methyl sites for hydroxylation is 1. The molecule has 3 heterocycles. The predicted molar refractivity (Wildman–Crippen MR) is 73.7 cm³/mol. The van der Waals surface area contributed by atoms with Crippen molar-refractivity contribution in [2.24, 2.45) is 0 Å². The summed E-state index contributed by atoms with van der Waals surface area (Å²) in [5.41, 5.74) is 1.21. The Balaban J connectivity index is 1.70. The summed E-state index contributed by atoms with van der Waals surface area (Å²) >= 11 is 0. The van der Waals surface area contributed by atoms with E-state index in [-0.39, 0.29) is 11.4 Å². The van der Waals surface area contributed by atoms with Crippen molar-refractivity contribution in [3.05, 3.63) is 35.7 Å². The highest BCUT2D eigenvalue weighted by Crippen LogP contribution is 2.39. The number of likely N-dealkylation sites (tertiary alicyclic amines) is 1. The highest BCUT2D eigenvalue weighted by atomic mass is 16.5. The summed E-state index contributed by atoms with van der Waals surface area (Å²) in [4.78, 5) is 14.7. The Morgan fingerprint density at radius 2 is 2.10 bits per heavy atom. The second-order valence-electron chi connectivity index (χ2n) is 5.60. The molecule has 0 atom stereocenters. The second kappa shape index (κ2) is 4.39. The largest absolute Gasteiger partial charge is 0.421 e. The third kappa shape index (κ3) is 1.79. The van der Waals surface area contributed by atoms with Crippen LogP contribution in [0.3, 0.4) is 0 Å². The first kappa shape index (κ1) is 12.5. The van der Waals surface area contributed by atoms with Gasteiger partial charge in [0.15, 0.2) is 0 Å². The van der Waals surface area contributed by atoms with Crippen molar-refractivity contribution in [3.63, 3.8) is 0 Å². The van der Waals surface area contributed by atoms with Crippen molar-refractivity contribution in [2.75, 3.05) is 19.8 Å². The summed E-state index contributed by atoms with van der Waals surface area (Å²) in [6.45, 7) is 3.79. The lowest BCUT2D eigenvalue weighted by Crippen LogP contribution is -2.72. The van der Waals surface area contributed by atoms with Crippen LogP contribution in [0.2, 0.25) is 0 Å². The zero-order valence-corrected chi connectivity index (χ0v) is 11.7. The van der Waals surface area contributed by atoms with E-state index in [2.05, 4.69) is 10.2 Å². The van der Waals surface area contributed by atoms with Gasteiger partial charge in [-0.05, 0) is 18.6 Å². The zero-order chi connectivity index (χ0) is 14.4. The molecule has 0 saturated carbocycles. The van der Waals surface area contributed by atoms with Crippen LogP contribution in [-0.2, 0) is 4.74 Å². The van der Waals surface area contributed by atoms with E-state index in [1.807, 2.05) is 29.2 Å². The molecule has 2 aromatic rings. The van der Waals surface area contributed by atoms with Crippen molar-refractivity contribution >= 4 is 5.91 Å². The SMILES string of the molecule is Cc1nnc(-c2ccccc2C(=O)N2CCC23COC3)o1. The maximum absolute atomic E-state index is 12.8. The predicted octanol–water partition coefficient (Wildman–Crippen LogP) is 1.66. The number of amides is 1. The van der Waals surface area contributed by atoms with Crippen LogP contribution in [-0.4, -0.2) is 46.3 Å². The lowest BCUT2D eigenvalue weighted by molar-refractivity contribution is -0.172. The lowest BCUT2D eigenvalue weighted by Gasteiger charge is -2.57. The van der Waals surface area contributed by atoms with Gasteiger partial charge in [-0.15, -0.1) is 10.2 Å². The number of hydrogen-bond acceptors (Lipinski definition) is 5. The third-order valence-corrected chi connectivity index (χ3v) is 4.27. The summed E-state index contributed by atoms with van der Waals surface area (Å²) < 4.78 is 10.7. The minimum atomic E-state index is -0.0745. The maximum Gasteiger partial charge on any atom is 0.255 e. The molecule has 21 heavy (non-hydrogen) atoms. The minimum absolute atomic E-state index is 0.0102. The molecule has 1 aromatic carbocycles. The molecular formula is C15H15N3O3. The molecule has 108 valence electrons. The number of nitrogens with zero attached hydrogens (tertiary/aromatic N) is 3. The molecule has 2 aliphatic rings. The number of carbonyl (C=O) groups excluding carboxylic acids is 1.